The van der Waals surface area contributed by atoms with Gasteiger partial charge in [0.1, 0.15) is 0 Å². The van der Waals surface area contributed by atoms with Gasteiger partial charge in [0.05, 0.1) is 27.3 Å². The maximum Gasteiger partial charge on any atom is 0.235 e. The molecule has 0 N–H and O–H groups in total. The van der Waals surface area contributed by atoms with Gasteiger partial charge in [-0.1, -0.05) is 141 Å². The van der Waals surface area contributed by atoms with Gasteiger partial charge >= 0.3 is 0 Å². The highest BCUT2D eigenvalue weighted by Gasteiger charge is 2.41. The topological polar surface area (TPSA) is 29.0 Å². The van der Waals surface area contributed by atoms with E-state index in [9.17, 15) is 0 Å². The van der Waals surface area contributed by atoms with Crippen molar-refractivity contribution in [2.45, 2.75) is 19.3 Å². The third-order valence-electron chi connectivity index (χ3n) is 11.0. The fourth-order valence-electron chi connectivity index (χ4n) is 8.68. The molecule has 3 nitrogen and oxygen atoms in total. The number of rotatable bonds is 2. The van der Waals surface area contributed by atoms with E-state index in [0.717, 1.165) is 33.2 Å². The summed E-state index contributed by atoms with van der Waals surface area (Å²) in [4.78, 5) is 13.5. The van der Waals surface area contributed by atoms with Crippen molar-refractivity contribution >= 4 is 92.1 Å². The number of nitrogens with zero attached hydrogens (tertiary/aromatic N) is 3. The molecule has 4 heteroatoms. The first-order chi connectivity index (χ1) is 25.1. The lowest BCUT2D eigenvalue weighted by Crippen LogP contribution is -2.31. The Bertz CT molecular complexity index is 3080. The smallest absolute Gasteiger partial charge is 0.235 e. The van der Waals surface area contributed by atoms with Crippen LogP contribution < -0.4 is 4.90 Å². The van der Waals surface area contributed by atoms with Gasteiger partial charge in [0.15, 0.2) is 0 Å². The first-order valence-electron chi connectivity index (χ1n) is 17.5. The molecule has 1 aliphatic rings. The fraction of sp³-hybridized carbons (Fsp3) is 0.0638. The summed E-state index contributed by atoms with van der Waals surface area (Å²) in [6.45, 7) is 4.75. The van der Waals surface area contributed by atoms with E-state index in [1.54, 1.807) is 0 Å². The average molecular weight is 670 g/mol. The Kier molecular flexibility index (Phi) is 5.89. The minimum Gasteiger partial charge on any atom is -0.277 e. The van der Waals surface area contributed by atoms with E-state index in [2.05, 4.69) is 170 Å². The van der Waals surface area contributed by atoms with E-state index < -0.39 is 0 Å². The van der Waals surface area contributed by atoms with Crippen molar-refractivity contribution in [3.8, 4) is 11.3 Å². The second kappa shape index (κ2) is 10.5. The molecule has 10 aromatic rings. The van der Waals surface area contributed by atoms with Crippen molar-refractivity contribution in [3.05, 3.63) is 163 Å². The lowest BCUT2D eigenvalue weighted by molar-refractivity contribution is 0.638. The van der Waals surface area contributed by atoms with Gasteiger partial charge in [-0.2, -0.15) is 0 Å². The molecule has 1 aliphatic heterocycles. The maximum absolute atomic E-state index is 5.66. The van der Waals surface area contributed by atoms with E-state index in [1.165, 1.54) is 63.9 Å². The molecule has 0 saturated carbocycles. The van der Waals surface area contributed by atoms with Gasteiger partial charge in [-0.25, -0.2) is 9.97 Å². The molecule has 2 aromatic heterocycles. The Morgan fingerprint density at radius 3 is 2.08 bits per heavy atom. The van der Waals surface area contributed by atoms with E-state index in [-0.39, 0.29) is 5.41 Å². The summed E-state index contributed by atoms with van der Waals surface area (Å²) in [6, 6.07) is 54.9. The molecule has 0 aliphatic carbocycles. The predicted molar refractivity (Wildman–Crippen MR) is 217 cm³/mol. The lowest BCUT2D eigenvalue weighted by atomic mass is 9.71. The van der Waals surface area contributed by atoms with Crippen molar-refractivity contribution in [2.24, 2.45) is 0 Å². The summed E-state index contributed by atoms with van der Waals surface area (Å²) in [5.41, 5.74) is 7.54. The van der Waals surface area contributed by atoms with Crippen LogP contribution in [0.25, 0.3) is 74.6 Å². The highest BCUT2D eigenvalue weighted by molar-refractivity contribution is 7.26. The number of aromatic nitrogens is 2. The van der Waals surface area contributed by atoms with Crippen LogP contribution >= 0.6 is 11.3 Å². The van der Waals surface area contributed by atoms with Crippen LogP contribution in [0.2, 0.25) is 0 Å². The summed E-state index contributed by atoms with van der Waals surface area (Å²) in [5, 5.41) is 11.0. The molecule has 51 heavy (non-hydrogen) atoms. The van der Waals surface area contributed by atoms with Crippen molar-refractivity contribution in [1.82, 2.24) is 9.97 Å². The van der Waals surface area contributed by atoms with Crippen molar-refractivity contribution in [2.75, 3.05) is 4.90 Å². The summed E-state index contributed by atoms with van der Waals surface area (Å²) >= 11 is 1.88. The van der Waals surface area contributed by atoms with Gasteiger partial charge in [-0.3, -0.25) is 4.90 Å². The van der Waals surface area contributed by atoms with E-state index in [4.69, 9.17) is 9.97 Å². The van der Waals surface area contributed by atoms with Crippen molar-refractivity contribution in [1.29, 1.82) is 0 Å². The highest BCUT2D eigenvalue weighted by atomic mass is 32.1. The summed E-state index contributed by atoms with van der Waals surface area (Å²) in [6.07, 6.45) is 0. The van der Waals surface area contributed by atoms with Gasteiger partial charge in [-0.05, 0) is 67.7 Å². The molecule has 0 unspecified atom stereocenters. The van der Waals surface area contributed by atoms with E-state index in [0.29, 0.717) is 5.95 Å². The molecule has 0 fully saturated rings. The third kappa shape index (κ3) is 3.99. The predicted octanol–water partition coefficient (Wildman–Crippen LogP) is 13.2. The normalized spacial score (nSPS) is 13.8. The number of hydrogen-bond acceptors (Lipinski definition) is 4. The standard InChI is InChI=1S/C47H31N3S/c1-47(2)36-20-10-11-21-38(36)50(44-42(47)34-18-8-7-17-33(34)40-35-19-9-12-22-39(35)51-45(40)44)46-48-37-26-25-29-14-5-6-16-32(29)41(37)43(49-46)31-24-23-28-13-3-4-15-30(28)27-31/h3-27H,1-2H3. The zero-order valence-electron chi connectivity index (χ0n) is 28.2. The molecule has 11 rings (SSSR count). The minimum atomic E-state index is -0.277. The minimum absolute atomic E-state index is 0.277. The van der Waals surface area contributed by atoms with Crippen LogP contribution in [-0.2, 0) is 5.41 Å². The monoisotopic (exact) mass is 669 g/mol. The van der Waals surface area contributed by atoms with Gasteiger partial charge in [0, 0.05) is 31.8 Å². The third-order valence-corrected chi connectivity index (χ3v) is 12.2. The van der Waals surface area contributed by atoms with Crippen molar-refractivity contribution in [3.63, 3.8) is 0 Å². The number of benzene rings is 8. The number of hydrogen-bond donors (Lipinski definition) is 0. The Morgan fingerprint density at radius 2 is 1.22 bits per heavy atom. The molecule has 0 bridgehead atoms. The van der Waals surface area contributed by atoms with Crippen LogP contribution in [0.1, 0.15) is 25.0 Å². The van der Waals surface area contributed by atoms with Crippen LogP contribution in [0.4, 0.5) is 17.3 Å². The molecule has 240 valence electrons. The zero-order valence-corrected chi connectivity index (χ0v) is 29.0. The van der Waals surface area contributed by atoms with Gasteiger partial charge < -0.3 is 0 Å². The van der Waals surface area contributed by atoms with E-state index >= 15 is 0 Å². The van der Waals surface area contributed by atoms with Crippen LogP contribution in [-0.4, -0.2) is 9.97 Å². The molecule has 0 amide bonds. The Hall–Kier alpha value is -6.10. The SMILES string of the molecule is CC1(C)c2ccccc2N(c2nc(-c3ccc4ccccc4c3)c3c(ccc4ccccc43)n2)c2c1c1ccccc1c1c2sc2ccccc21. The van der Waals surface area contributed by atoms with Gasteiger partial charge in [-0.15, -0.1) is 11.3 Å². The molecular weight excluding hydrogens is 639 g/mol. The zero-order chi connectivity index (χ0) is 33.8. The quantitative estimate of drug-likeness (QED) is 0.172. The summed E-state index contributed by atoms with van der Waals surface area (Å²) in [5.74, 6) is 0.680. The Labute approximate surface area is 299 Å². The molecule has 3 heterocycles. The summed E-state index contributed by atoms with van der Waals surface area (Å²) in [7, 11) is 0. The number of para-hydroxylation sites is 1. The van der Waals surface area contributed by atoms with Gasteiger partial charge in [0.2, 0.25) is 5.95 Å². The second-order valence-corrected chi connectivity index (χ2v) is 15.2. The summed E-state index contributed by atoms with van der Waals surface area (Å²) < 4.78 is 2.55. The molecule has 0 spiro atoms. The highest BCUT2D eigenvalue weighted by Crippen LogP contribution is 2.58. The molecule has 8 aromatic carbocycles. The lowest BCUT2D eigenvalue weighted by Gasteiger charge is -2.42. The molecule has 0 saturated heterocycles. The molecular formula is C47H31N3S. The van der Waals surface area contributed by atoms with Crippen molar-refractivity contribution < 1.29 is 0 Å². The average Bonchev–Trinajstić information content (AvgIpc) is 3.57. The number of fused-ring (bicyclic) bond motifs is 13. The second-order valence-electron chi connectivity index (χ2n) is 14.2. The first-order valence-corrected chi connectivity index (χ1v) is 18.3. The number of thiophene rings is 1. The van der Waals surface area contributed by atoms with Crippen LogP contribution in [0, 0.1) is 0 Å². The number of anilines is 3. The van der Waals surface area contributed by atoms with Crippen LogP contribution in [0.3, 0.4) is 0 Å². The largest absolute Gasteiger partial charge is 0.277 e. The van der Waals surface area contributed by atoms with E-state index in [1.807, 2.05) is 11.3 Å². The Morgan fingerprint density at radius 1 is 0.549 bits per heavy atom. The first kappa shape index (κ1) is 28.7. The fourth-order valence-corrected chi connectivity index (χ4v) is 9.94. The van der Waals surface area contributed by atoms with Gasteiger partial charge in [0.25, 0.3) is 0 Å². The molecule has 0 radical (unpaired) electrons. The van der Waals surface area contributed by atoms with Crippen LogP contribution in [0.5, 0.6) is 0 Å². The molecule has 0 atom stereocenters. The van der Waals surface area contributed by atoms with Crippen LogP contribution in [0.15, 0.2) is 152 Å². The Balaban J connectivity index is 1.31. The maximum atomic E-state index is 5.66.